The molecule has 3 nitrogen and oxygen atoms in total. The number of likely N-dealkylation sites (tertiary alicyclic amines) is 1. The van der Waals surface area contributed by atoms with Gasteiger partial charge in [0.05, 0.1) is 6.33 Å². The average molecular weight is 283 g/mol. The SMILES string of the molecule is c1ccc(CCN2CCC(CCc3cnc[nH]3)CC2)cc1. The topological polar surface area (TPSA) is 31.9 Å². The highest BCUT2D eigenvalue weighted by Gasteiger charge is 2.18. The molecule has 21 heavy (non-hydrogen) atoms. The number of aromatic amines is 1. The molecule has 0 atom stereocenters. The number of rotatable bonds is 6. The van der Waals surface area contributed by atoms with Crippen molar-refractivity contribution in [1.82, 2.24) is 14.9 Å². The van der Waals surface area contributed by atoms with E-state index in [1.807, 2.05) is 6.20 Å². The van der Waals surface area contributed by atoms with Crippen LogP contribution in [0.15, 0.2) is 42.9 Å². The number of nitrogens with one attached hydrogen (secondary N) is 1. The van der Waals surface area contributed by atoms with Crippen LogP contribution < -0.4 is 0 Å². The van der Waals surface area contributed by atoms with Gasteiger partial charge in [0, 0.05) is 18.4 Å². The molecular formula is C18H25N3. The minimum Gasteiger partial charge on any atom is -0.348 e. The van der Waals surface area contributed by atoms with Crippen LogP contribution in [0.25, 0.3) is 0 Å². The lowest BCUT2D eigenvalue weighted by Gasteiger charge is -2.32. The van der Waals surface area contributed by atoms with Crippen LogP contribution in [-0.4, -0.2) is 34.5 Å². The standard InChI is InChI=1S/C18H25N3/c1-2-4-16(5-3-1)8-11-21-12-9-17(10-13-21)6-7-18-14-19-15-20-18/h1-5,14-15,17H,6-13H2,(H,19,20). The van der Waals surface area contributed by atoms with Crippen molar-refractivity contribution in [1.29, 1.82) is 0 Å². The lowest BCUT2D eigenvalue weighted by Crippen LogP contribution is -2.35. The summed E-state index contributed by atoms with van der Waals surface area (Å²) < 4.78 is 0. The average Bonchev–Trinajstić information content (AvgIpc) is 3.06. The molecule has 1 aromatic heterocycles. The fourth-order valence-electron chi connectivity index (χ4n) is 3.21. The number of piperidine rings is 1. The molecule has 3 rings (SSSR count). The van der Waals surface area contributed by atoms with Crippen LogP contribution >= 0.6 is 0 Å². The first-order chi connectivity index (χ1) is 10.4. The van der Waals surface area contributed by atoms with Crippen molar-refractivity contribution in [2.45, 2.75) is 32.1 Å². The summed E-state index contributed by atoms with van der Waals surface area (Å²) in [6, 6.07) is 10.8. The van der Waals surface area contributed by atoms with E-state index >= 15 is 0 Å². The van der Waals surface area contributed by atoms with Crippen molar-refractivity contribution in [2.24, 2.45) is 5.92 Å². The van der Waals surface area contributed by atoms with Gasteiger partial charge in [-0.1, -0.05) is 30.3 Å². The number of hydrogen-bond acceptors (Lipinski definition) is 2. The van der Waals surface area contributed by atoms with Crippen molar-refractivity contribution < 1.29 is 0 Å². The Labute approximate surface area is 127 Å². The van der Waals surface area contributed by atoms with Gasteiger partial charge >= 0.3 is 0 Å². The van der Waals surface area contributed by atoms with Crippen molar-refractivity contribution >= 4 is 0 Å². The van der Waals surface area contributed by atoms with Gasteiger partial charge in [0.25, 0.3) is 0 Å². The summed E-state index contributed by atoms with van der Waals surface area (Å²) in [5.41, 5.74) is 2.74. The second-order valence-corrected chi connectivity index (χ2v) is 6.14. The van der Waals surface area contributed by atoms with Crippen LogP contribution in [0.4, 0.5) is 0 Å². The van der Waals surface area contributed by atoms with E-state index in [1.54, 1.807) is 6.33 Å². The van der Waals surface area contributed by atoms with E-state index in [0.29, 0.717) is 0 Å². The molecule has 0 unspecified atom stereocenters. The Morgan fingerprint density at radius 3 is 2.62 bits per heavy atom. The molecule has 0 radical (unpaired) electrons. The second-order valence-electron chi connectivity index (χ2n) is 6.14. The monoisotopic (exact) mass is 283 g/mol. The lowest BCUT2D eigenvalue weighted by molar-refractivity contribution is 0.181. The lowest BCUT2D eigenvalue weighted by atomic mass is 9.91. The molecule has 2 aromatic rings. The quantitative estimate of drug-likeness (QED) is 0.882. The van der Waals surface area contributed by atoms with Gasteiger partial charge in [-0.3, -0.25) is 0 Å². The van der Waals surface area contributed by atoms with Crippen LogP contribution in [0, 0.1) is 5.92 Å². The van der Waals surface area contributed by atoms with Crippen LogP contribution in [0.3, 0.4) is 0 Å². The molecule has 0 aliphatic carbocycles. The van der Waals surface area contributed by atoms with E-state index in [9.17, 15) is 0 Å². The third-order valence-electron chi connectivity index (χ3n) is 4.64. The van der Waals surface area contributed by atoms with Gasteiger partial charge in [0.15, 0.2) is 0 Å². The van der Waals surface area contributed by atoms with Crippen LogP contribution in [-0.2, 0) is 12.8 Å². The van der Waals surface area contributed by atoms with E-state index < -0.39 is 0 Å². The Morgan fingerprint density at radius 1 is 1.10 bits per heavy atom. The van der Waals surface area contributed by atoms with Crippen molar-refractivity contribution in [3.63, 3.8) is 0 Å². The molecule has 1 fully saturated rings. The summed E-state index contributed by atoms with van der Waals surface area (Å²) in [5, 5.41) is 0. The molecule has 112 valence electrons. The number of imidazole rings is 1. The molecule has 0 bridgehead atoms. The number of H-pyrrole nitrogens is 1. The summed E-state index contributed by atoms with van der Waals surface area (Å²) in [5.74, 6) is 0.890. The molecule has 1 aliphatic heterocycles. The molecule has 3 heteroatoms. The number of benzene rings is 1. The number of nitrogens with zero attached hydrogens (tertiary/aromatic N) is 2. The Balaban J connectivity index is 1.35. The van der Waals surface area contributed by atoms with Crippen molar-refractivity contribution in [3.8, 4) is 0 Å². The third-order valence-corrected chi connectivity index (χ3v) is 4.64. The van der Waals surface area contributed by atoms with E-state index in [-0.39, 0.29) is 0 Å². The maximum atomic E-state index is 4.09. The normalized spacial score (nSPS) is 17.1. The predicted molar refractivity (Wildman–Crippen MR) is 86.2 cm³/mol. The molecule has 1 N–H and O–H groups in total. The summed E-state index contributed by atoms with van der Waals surface area (Å²) in [4.78, 5) is 9.91. The predicted octanol–water partition coefficient (Wildman–Crippen LogP) is 3.30. The fourth-order valence-corrected chi connectivity index (χ4v) is 3.21. The Hall–Kier alpha value is -1.61. The Morgan fingerprint density at radius 2 is 1.90 bits per heavy atom. The zero-order chi connectivity index (χ0) is 14.3. The highest BCUT2D eigenvalue weighted by atomic mass is 15.1. The molecular weight excluding hydrogens is 258 g/mol. The van der Waals surface area contributed by atoms with Gasteiger partial charge in [0.1, 0.15) is 0 Å². The fraction of sp³-hybridized carbons (Fsp3) is 0.500. The van der Waals surface area contributed by atoms with Gasteiger partial charge in [0.2, 0.25) is 0 Å². The van der Waals surface area contributed by atoms with E-state index in [2.05, 4.69) is 45.2 Å². The van der Waals surface area contributed by atoms with E-state index in [1.165, 1.54) is 56.6 Å². The van der Waals surface area contributed by atoms with Gasteiger partial charge in [-0.25, -0.2) is 4.98 Å². The summed E-state index contributed by atoms with van der Waals surface area (Å²) >= 11 is 0. The first kappa shape index (κ1) is 14.3. The molecule has 2 heterocycles. The maximum absolute atomic E-state index is 4.09. The zero-order valence-corrected chi connectivity index (χ0v) is 12.7. The minimum atomic E-state index is 0.890. The number of aryl methyl sites for hydroxylation is 1. The number of aromatic nitrogens is 2. The maximum Gasteiger partial charge on any atom is 0.0921 e. The highest BCUT2D eigenvalue weighted by molar-refractivity contribution is 5.14. The molecule has 0 amide bonds. The van der Waals surface area contributed by atoms with E-state index in [4.69, 9.17) is 0 Å². The minimum absolute atomic E-state index is 0.890. The third kappa shape index (κ3) is 4.43. The molecule has 1 aromatic carbocycles. The van der Waals surface area contributed by atoms with Gasteiger partial charge in [-0.15, -0.1) is 0 Å². The van der Waals surface area contributed by atoms with Crippen LogP contribution in [0.2, 0.25) is 0 Å². The first-order valence-corrected chi connectivity index (χ1v) is 8.13. The number of hydrogen-bond donors (Lipinski definition) is 1. The first-order valence-electron chi connectivity index (χ1n) is 8.13. The van der Waals surface area contributed by atoms with Crippen LogP contribution in [0.5, 0.6) is 0 Å². The summed E-state index contributed by atoms with van der Waals surface area (Å²) in [6.07, 6.45) is 10.1. The largest absolute Gasteiger partial charge is 0.348 e. The molecule has 0 saturated carbocycles. The molecule has 1 aliphatic rings. The van der Waals surface area contributed by atoms with Crippen LogP contribution in [0.1, 0.15) is 30.5 Å². The highest BCUT2D eigenvalue weighted by Crippen LogP contribution is 2.22. The Kier molecular flexibility index (Phi) is 5.06. The van der Waals surface area contributed by atoms with Gasteiger partial charge < -0.3 is 9.88 Å². The summed E-state index contributed by atoms with van der Waals surface area (Å²) in [7, 11) is 0. The van der Waals surface area contributed by atoms with E-state index in [0.717, 1.165) is 12.3 Å². The smallest absolute Gasteiger partial charge is 0.0921 e. The summed E-state index contributed by atoms with van der Waals surface area (Å²) in [6.45, 7) is 3.73. The van der Waals surface area contributed by atoms with Crippen molar-refractivity contribution in [2.75, 3.05) is 19.6 Å². The van der Waals surface area contributed by atoms with Gasteiger partial charge in [-0.05, 0) is 56.7 Å². The zero-order valence-electron chi connectivity index (χ0n) is 12.7. The Bertz CT molecular complexity index is 499. The molecule has 1 saturated heterocycles. The van der Waals surface area contributed by atoms with Crippen molar-refractivity contribution in [3.05, 3.63) is 54.1 Å². The second kappa shape index (κ2) is 7.41. The molecule has 0 spiro atoms. The van der Waals surface area contributed by atoms with Gasteiger partial charge in [-0.2, -0.15) is 0 Å².